The van der Waals surface area contributed by atoms with E-state index < -0.39 is 11.2 Å². The number of aromatic nitrogens is 3. The molecule has 4 rings (SSSR count). The summed E-state index contributed by atoms with van der Waals surface area (Å²) in [4.78, 5) is 20.9. The van der Waals surface area contributed by atoms with Crippen molar-refractivity contribution in [3.8, 4) is 22.9 Å². The molecule has 0 unspecified atom stereocenters. The van der Waals surface area contributed by atoms with Gasteiger partial charge in [-0.25, -0.2) is 14.3 Å². The van der Waals surface area contributed by atoms with Crippen LogP contribution in [-0.4, -0.2) is 76.7 Å². The van der Waals surface area contributed by atoms with Crippen LogP contribution in [0.1, 0.15) is 40.2 Å². The quantitative estimate of drug-likeness (QED) is 0.491. The van der Waals surface area contributed by atoms with Crippen LogP contribution in [0.4, 0.5) is 10.6 Å². The predicted molar refractivity (Wildman–Crippen MR) is 140 cm³/mol. The fourth-order valence-electron chi connectivity index (χ4n) is 3.97. The van der Waals surface area contributed by atoms with E-state index in [9.17, 15) is 10.1 Å². The molecule has 1 amide bonds. The molecule has 1 fully saturated rings. The van der Waals surface area contributed by atoms with Crippen molar-refractivity contribution in [1.29, 1.82) is 5.26 Å². The lowest BCUT2D eigenvalue weighted by Crippen LogP contribution is -2.50. The molecule has 0 saturated carbocycles. The maximum Gasteiger partial charge on any atom is 0.410 e. The number of ether oxygens (including phenoxy) is 3. The maximum absolute atomic E-state index is 12.4. The third-order valence-electron chi connectivity index (χ3n) is 6.16. The lowest BCUT2D eigenvalue weighted by atomic mass is 10.1. The smallest absolute Gasteiger partial charge is 0.410 e. The van der Waals surface area contributed by atoms with Gasteiger partial charge >= 0.3 is 6.09 Å². The Hall–Kier alpha value is -3.84. The van der Waals surface area contributed by atoms with Crippen LogP contribution in [0.25, 0.3) is 16.6 Å². The van der Waals surface area contributed by atoms with Crippen LogP contribution in [-0.2, 0) is 9.47 Å². The molecule has 10 nitrogen and oxygen atoms in total. The summed E-state index contributed by atoms with van der Waals surface area (Å²) in [6.45, 7) is 12.3. The zero-order valence-corrected chi connectivity index (χ0v) is 22.3. The second-order valence-electron chi connectivity index (χ2n) is 10.7. The van der Waals surface area contributed by atoms with Gasteiger partial charge in [0.05, 0.1) is 29.1 Å². The highest BCUT2D eigenvalue weighted by Crippen LogP contribution is 2.32. The zero-order valence-electron chi connectivity index (χ0n) is 22.3. The topological polar surface area (TPSA) is 105 Å². The van der Waals surface area contributed by atoms with Crippen molar-refractivity contribution in [2.45, 2.75) is 45.8 Å². The summed E-state index contributed by atoms with van der Waals surface area (Å²) >= 11 is 0. The Balaban J connectivity index is 1.54. The maximum atomic E-state index is 12.4. The molecule has 1 saturated heterocycles. The second-order valence-corrected chi connectivity index (χ2v) is 10.7. The van der Waals surface area contributed by atoms with E-state index in [2.05, 4.69) is 16.1 Å². The van der Waals surface area contributed by atoms with Crippen molar-refractivity contribution in [3.63, 3.8) is 0 Å². The van der Waals surface area contributed by atoms with Crippen LogP contribution >= 0.6 is 0 Å². The third kappa shape index (κ3) is 6.12. The number of fused-ring (bicyclic) bond motifs is 1. The molecule has 0 N–H and O–H groups in total. The Morgan fingerprint density at radius 2 is 1.84 bits per heavy atom. The molecule has 4 heterocycles. The molecule has 0 atom stereocenters. The first kappa shape index (κ1) is 26.2. The molecular formula is C27H34N6O4. The molecule has 0 aromatic carbocycles. The Morgan fingerprint density at radius 1 is 1.11 bits per heavy atom. The van der Waals surface area contributed by atoms with E-state index in [0.717, 1.165) is 16.9 Å². The van der Waals surface area contributed by atoms with Gasteiger partial charge in [0.15, 0.2) is 0 Å². The van der Waals surface area contributed by atoms with Crippen LogP contribution in [0.3, 0.4) is 0 Å². The molecule has 3 aromatic heterocycles. The Labute approximate surface area is 217 Å². The van der Waals surface area contributed by atoms with Gasteiger partial charge in [-0.2, -0.15) is 10.4 Å². The van der Waals surface area contributed by atoms with E-state index >= 15 is 0 Å². The summed E-state index contributed by atoms with van der Waals surface area (Å²) in [5, 5.41) is 14.0. The number of rotatable bonds is 6. The van der Waals surface area contributed by atoms with E-state index in [1.807, 2.05) is 52.8 Å². The number of hydrogen-bond donors (Lipinski definition) is 0. The van der Waals surface area contributed by atoms with Crippen molar-refractivity contribution >= 4 is 17.4 Å². The molecule has 1 aliphatic heterocycles. The van der Waals surface area contributed by atoms with Crippen LogP contribution in [0.5, 0.6) is 5.75 Å². The number of nitriles is 1. The third-order valence-corrected chi connectivity index (χ3v) is 6.16. The minimum atomic E-state index is -0.514. The number of piperazine rings is 1. The summed E-state index contributed by atoms with van der Waals surface area (Å²) < 4.78 is 18.6. The summed E-state index contributed by atoms with van der Waals surface area (Å²) in [7, 11) is 1.65. The minimum absolute atomic E-state index is 0.287. The number of nitrogens with zero attached hydrogens (tertiary/aromatic N) is 6. The van der Waals surface area contributed by atoms with Gasteiger partial charge in [-0.05, 0) is 52.8 Å². The first-order chi connectivity index (χ1) is 17.5. The standard InChI is InChI=1S/C27H34N6O4/c1-26(2,3)37-25(34)32-11-9-31(10-12-32)23-8-7-19(15-29-23)22-13-21(36-18-27(4,5)35-6)17-33-24(22)20(14-28)16-30-33/h7-8,13,15-17H,9-12,18H2,1-6H3. The SMILES string of the molecule is COC(C)(C)COc1cc(-c2ccc(N3CCN(C(=O)OC(C)(C)C)CC3)nc2)c2c(C#N)cnn2c1. The van der Waals surface area contributed by atoms with Crippen molar-refractivity contribution < 1.29 is 19.0 Å². The Bertz CT molecular complexity index is 1300. The number of carbonyl (C=O) groups is 1. The number of pyridine rings is 2. The van der Waals surface area contributed by atoms with Gasteiger partial charge < -0.3 is 24.0 Å². The molecule has 196 valence electrons. The van der Waals surface area contributed by atoms with Crippen molar-refractivity contribution in [3.05, 3.63) is 42.4 Å². The molecule has 0 spiro atoms. The lowest BCUT2D eigenvalue weighted by molar-refractivity contribution is -0.0147. The van der Waals surface area contributed by atoms with E-state index in [1.54, 1.807) is 35.1 Å². The Morgan fingerprint density at radius 3 is 2.43 bits per heavy atom. The number of hydrogen-bond acceptors (Lipinski definition) is 8. The monoisotopic (exact) mass is 506 g/mol. The highest BCUT2D eigenvalue weighted by Gasteiger charge is 2.26. The summed E-state index contributed by atoms with van der Waals surface area (Å²) in [6.07, 6.45) is 4.82. The van der Waals surface area contributed by atoms with Crippen molar-refractivity contribution in [2.75, 3.05) is 44.8 Å². The molecule has 3 aromatic rings. The van der Waals surface area contributed by atoms with Crippen LogP contribution in [0.15, 0.2) is 36.8 Å². The van der Waals surface area contributed by atoms with Crippen molar-refractivity contribution in [2.24, 2.45) is 0 Å². The fraction of sp³-hybridized carbons (Fsp3) is 0.481. The Kier molecular flexibility index (Phi) is 7.28. The van der Waals surface area contributed by atoms with E-state index in [-0.39, 0.29) is 6.09 Å². The van der Waals surface area contributed by atoms with Gasteiger partial charge in [-0.1, -0.05) is 0 Å². The minimum Gasteiger partial charge on any atom is -0.489 e. The lowest BCUT2D eigenvalue weighted by Gasteiger charge is -2.36. The summed E-state index contributed by atoms with van der Waals surface area (Å²) in [5.74, 6) is 1.44. The molecule has 0 bridgehead atoms. The molecule has 0 radical (unpaired) electrons. The van der Waals surface area contributed by atoms with Gasteiger partial charge in [0.1, 0.15) is 29.8 Å². The largest absolute Gasteiger partial charge is 0.489 e. The van der Waals surface area contributed by atoms with Gasteiger partial charge in [-0.15, -0.1) is 0 Å². The molecule has 1 aliphatic rings. The molecule has 0 aliphatic carbocycles. The van der Waals surface area contributed by atoms with E-state index in [4.69, 9.17) is 19.2 Å². The van der Waals surface area contributed by atoms with Crippen LogP contribution in [0, 0.1) is 11.3 Å². The summed E-state index contributed by atoms with van der Waals surface area (Å²) in [5.41, 5.74) is 1.85. The first-order valence-electron chi connectivity index (χ1n) is 12.3. The second kappa shape index (κ2) is 10.3. The van der Waals surface area contributed by atoms with Crippen LogP contribution in [0.2, 0.25) is 0 Å². The zero-order chi connectivity index (χ0) is 26.8. The van der Waals surface area contributed by atoms with Gasteiger partial charge in [0, 0.05) is 50.6 Å². The first-order valence-corrected chi connectivity index (χ1v) is 12.3. The van der Waals surface area contributed by atoms with Gasteiger partial charge in [0.25, 0.3) is 0 Å². The normalized spacial score (nSPS) is 14.5. The van der Waals surface area contributed by atoms with Gasteiger partial charge in [0.2, 0.25) is 0 Å². The number of carbonyl (C=O) groups excluding carboxylic acids is 1. The van der Waals surface area contributed by atoms with Crippen molar-refractivity contribution in [1.82, 2.24) is 19.5 Å². The molecular weight excluding hydrogens is 472 g/mol. The molecule has 37 heavy (non-hydrogen) atoms. The predicted octanol–water partition coefficient (Wildman–Crippen LogP) is 4.13. The van der Waals surface area contributed by atoms with E-state index in [0.29, 0.717) is 49.6 Å². The van der Waals surface area contributed by atoms with E-state index in [1.165, 1.54) is 0 Å². The number of anilines is 1. The van der Waals surface area contributed by atoms with Crippen LogP contribution < -0.4 is 9.64 Å². The highest BCUT2D eigenvalue weighted by atomic mass is 16.6. The highest BCUT2D eigenvalue weighted by molar-refractivity contribution is 5.85. The number of methoxy groups -OCH3 is 1. The number of amides is 1. The molecule has 10 heteroatoms. The average molecular weight is 507 g/mol. The van der Waals surface area contributed by atoms with Gasteiger partial charge in [-0.3, -0.25) is 0 Å². The summed E-state index contributed by atoms with van der Waals surface area (Å²) in [6, 6.07) is 8.06. The average Bonchev–Trinajstić information content (AvgIpc) is 3.29. The fourth-order valence-corrected chi connectivity index (χ4v) is 3.97.